The molecular formula is C26H29F2N7O. The highest BCUT2D eigenvalue weighted by Gasteiger charge is 2.27. The lowest BCUT2D eigenvalue weighted by atomic mass is 9.96. The number of nitrogens with one attached hydrogen (secondary N) is 1. The van der Waals surface area contributed by atoms with Crippen LogP contribution in [-0.2, 0) is 0 Å². The molecule has 1 unspecified atom stereocenters. The second-order valence-corrected chi connectivity index (χ2v) is 9.70. The number of benzene rings is 1. The molecule has 1 fully saturated rings. The Morgan fingerprint density at radius 3 is 2.56 bits per heavy atom. The summed E-state index contributed by atoms with van der Waals surface area (Å²) in [5.74, 6) is 0.218. The molecule has 1 aliphatic rings. The number of hydrogen-bond acceptors (Lipinski definition) is 7. The number of likely N-dealkylation sites (tertiary alicyclic amines) is 1. The van der Waals surface area contributed by atoms with Crippen LogP contribution in [0.1, 0.15) is 43.8 Å². The van der Waals surface area contributed by atoms with Gasteiger partial charge in [0.1, 0.15) is 22.9 Å². The van der Waals surface area contributed by atoms with Gasteiger partial charge in [0.05, 0.1) is 17.8 Å². The molecular weight excluding hydrogens is 464 g/mol. The van der Waals surface area contributed by atoms with Crippen LogP contribution in [0.3, 0.4) is 0 Å². The van der Waals surface area contributed by atoms with Crippen molar-refractivity contribution in [1.82, 2.24) is 29.4 Å². The summed E-state index contributed by atoms with van der Waals surface area (Å²) >= 11 is 0. The lowest BCUT2D eigenvalue weighted by Crippen LogP contribution is -2.18. The van der Waals surface area contributed by atoms with E-state index in [1.165, 1.54) is 6.07 Å². The van der Waals surface area contributed by atoms with E-state index in [9.17, 15) is 13.9 Å². The number of aliphatic hydroxyl groups is 1. The standard InChI is InChI=1S/C26H29F2N7O/c1-14(2)35-15(3)31-24-19(27)9-18(10-21(24)35)23-20(28)12-30-26(33-23)32-22-6-5-16(11-29-22)25(36)17-7-8-34(4)13-17/h5-6,9-12,14,17,25,36H,7-8,13H2,1-4H3,(H,29,30,32,33)/t17?,25-/m0/s1. The van der Waals surface area contributed by atoms with Crippen LogP contribution in [0, 0.1) is 24.5 Å². The van der Waals surface area contributed by atoms with Crippen molar-refractivity contribution in [3.05, 3.63) is 59.7 Å². The van der Waals surface area contributed by atoms with Crippen molar-refractivity contribution in [1.29, 1.82) is 0 Å². The van der Waals surface area contributed by atoms with Crippen molar-refractivity contribution < 1.29 is 13.9 Å². The number of hydrogen-bond donors (Lipinski definition) is 2. The zero-order valence-electron chi connectivity index (χ0n) is 20.7. The van der Waals surface area contributed by atoms with Gasteiger partial charge in [0.2, 0.25) is 5.95 Å². The summed E-state index contributed by atoms with van der Waals surface area (Å²) in [5.41, 5.74) is 1.82. The molecule has 5 rings (SSSR count). The number of halogens is 2. The fourth-order valence-corrected chi connectivity index (χ4v) is 4.95. The normalized spacial score (nSPS) is 17.3. The third-order valence-corrected chi connectivity index (χ3v) is 6.70. The minimum atomic E-state index is -0.667. The molecule has 2 N–H and O–H groups in total. The largest absolute Gasteiger partial charge is 0.388 e. The Morgan fingerprint density at radius 1 is 1.08 bits per heavy atom. The zero-order chi connectivity index (χ0) is 25.6. The number of aromatic nitrogens is 5. The first-order valence-electron chi connectivity index (χ1n) is 12.0. The fraction of sp³-hybridized carbons (Fsp3) is 0.385. The number of anilines is 2. The molecule has 0 saturated carbocycles. The molecule has 3 aromatic heterocycles. The highest BCUT2D eigenvalue weighted by molar-refractivity contribution is 5.83. The van der Waals surface area contributed by atoms with Crippen molar-refractivity contribution in [3.8, 4) is 11.3 Å². The topological polar surface area (TPSA) is 92.0 Å². The third-order valence-electron chi connectivity index (χ3n) is 6.70. The van der Waals surface area contributed by atoms with Crippen LogP contribution in [-0.4, -0.2) is 54.6 Å². The Morgan fingerprint density at radius 2 is 1.89 bits per heavy atom. The van der Waals surface area contributed by atoms with Gasteiger partial charge in [0.15, 0.2) is 11.6 Å². The summed E-state index contributed by atoms with van der Waals surface area (Å²) < 4.78 is 31.6. The van der Waals surface area contributed by atoms with Gasteiger partial charge < -0.3 is 19.9 Å². The van der Waals surface area contributed by atoms with Gasteiger partial charge in [-0.25, -0.2) is 28.7 Å². The second-order valence-electron chi connectivity index (χ2n) is 9.70. The monoisotopic (exact) mass is 493 g/mol. The molecule has 0 aliphatic carbocycles. The van der Waals surface area contributed by atoms with E-state index in [-0.39, 0.29) is 34.7 Å². The Kier molecular flexibility index (Phi) is 6.40. The van der Waals surface area contributed by atoms with Crippen LogP contribution in [0.5, 0.6) is 0 Å². The lowest BCUT2D eigenvalue weighted by Gasteiger charge is -2.18. The van der Waals surface area contributed by atoms with Crippen molar-refractivity contribution >= 4 is 22.8 Å². The number of fused-ring (bicyclic) bond motifs is 1. The van der Waals surface area contributed by atoms with Gasteiger partial charge in [0, 0.05) is 30.3 Å². The minimum absolute atomic E-state index is 0.0279. The minimum Gasteiger partial charge on any atom is -0.388 e. The van der Waals surface area contributed by atoms with Crippen molar-refractivity contribution in [3.63, 3.8) is 0 Å². The Balaban J connectivity index is 1.41. The van der Waals surface area contributed by atoms with Gasteiger partial charge in [-0.15, -0.1) is 0 Å². The second kappa shape index (κ2) is 9.51. The molecule has 1 aliphatic heterocycles. The maximum Gasteiger partial charge on any atom is 0.229 e. The van der Waals surface area contributed by atoms with Crippen molar-refractivity contribution in [2.24, 2.45) is 5.92 Å². The van der Waals surface area contributed by atoms with Crippen LogP contribution in [0.4, 0.5) is 20.5 Å². The Bertz CT molecular complexity index is 1400. The molecule has 2 atom stereocenters. The first kappa shape index (κ1) is 24.2. The smallest absolute Gasteiger partial charge is 0.229 e. The summed E-state index contributed by atoms with van der Waals surface area (Å²) in [4.78, 5) is 19.2. The predicted molar refractivity (Wildman–Crippen MR) is 134 cm³/mol. The highest BCUT2D eigenvalue weighted by atomic mass is 19.1. The molecule has 0 amide bonds. The summed E-state index contributed by atoms with van der Waals surface area (Å²) in [7, 11) is 2.04. The average molecular weight is 494 g/mol. The number of nitrogens with zero attached hydrogens (tertiary/aromatic N) is 6. The average Bonchev–Trinajstić information content (AvgIpc) is 3.43. The SMILES string of the molecule is Cc1nc2c(F)cc(-c3nc(Nc4ccc([C@H](O)C5CCN(C)C5)cn4)ncc3F)cc2n1C(C)C. The van der Waals surface area contributed by atoms with E-state index in [4.69, 9.17) is 0 Å². The van der Waals surface area contributed by atoms with Crippen LogP contribution in [0.25, 0.3) is 22.3 Å². The van der Waals surface area contributed by atoms with E-state index < -0.39 is 17.7 Å². The van der Waals surface area contributed by atoms with E-state index in [0.717, 1.165) is 31.3 Å². The van der Waals surface area contributed by atoms with Crippen LogP contribution >= 0.6 is 0 Å². The Labute approximate surface area is 208 Å². The van der Waals surface area contributed by atoms with Crippen LogP contribution in [0.2, 0.25) is 0 Å². The molecule has 1 aromatic carbocycles. The van der Waals surface area contributed by atoms with Gasteiger partial charge in [-0.05, 0) is 64.5 Å². The Hall–Kier alpha value is -3.50. The van der Waals surface area contributed by atoms with Gasteiger partial charge in [-0.3, -0.25) is 0 Å². The van der Waals surface area contributed by atoms with Crippen LogP contribution < -0.4 is 5.32 Å². The van der Waals surface area contributed by atoms with E-state index >= 15 is 0 Å². The van der Waals surface area contributed by atoms with Gasteiger partial charge in [-0.1, -0.05) is 6.07 Å². The number of pyridine rings is 1. The summed E-state index contributed by atoms with van der Waals surface area (Å²) in [5, 5.41) is 13.6. The van der Waals surface area contributed by atoms with E-state index in [1.54, 1.807) is 18.3 Å². The molecule has 188 valence electrons. The highest BCUT2D eigenvalue weighted by Crippen LogP contribution is 2.31. The summed E-state index contributed by atoms with van der Waals surface area (Å²) in [6, 6.07) is 6.52. The van der Waals surface area contributed by atoms with Gasteiger partial charge >= 0.3 is 0 Å². The molecule has 0 radical (unpaired) electrons. The number of aliphatic hydroxyl groups excluding tert-OH is 1. The molecule has 10 heteroatoms. The number of rotatable bonds is 6. The lowest BCUT2D eigenvalue weighted by molar-refractivity contribution is 0.112. The third kappa shape index (κ3) is 4.54. The molecule has 1 saturated heterocycles. The predicted octanol–water partition coefficient (Wildman–Crippen LogP) is 4.78. The zero-order valence-corrected chi connectivity index (χ0v) is 20.7. The van der Waals surface area contributed by atoms with E-state index in [1.807, 2.05) is 38.5 Å². The summed E-state index contributed by atoms with van der Waals surface area (Å²) in [6.45, 7) is 7.59. The molecule has 0 spiro atoms. The first-order valence-corrected chi connectivity index (χ1v) is 12.0. The molecule has 4 aromatic rings. The van der Waals surface area contributed by atoms with Crippen molar-refractivity contribution in [2.45, 2.75) is 39.3 Å². The fourth-order valence-electron chi connectivity index (χ4n) is 4.95. The molecule has 8 nitrogen and oxygen atoms in total. The number of aryl methyl sites for hydroxylation is 1. The number of imidazole rings is 1. The summed E-state index contributed by atoms with van der Waals surface area (Å²) in [6.07, 6.45) is 3.02. The molecule has 0 bridgehead atoms. The molecule has 36 heavy (non-hydrogen) atoms. The van der Waals surface area contributed by atoms with E-state index in [0.29, 0.717) is 17.2 Å². The maximum absolute atomic E-state index is 14.9. The van der Waals surface area contributed by atoms with E-state index in [2.05, 4.69) is 30.2 Å². The van der Waals surface area contributed by atoms with Gasteiger partial charge in [-0.2, -0.15) is 0 Å². The van der Waals surface area contributed by atoms with Crippen LogP contribution in [0.15, 0.2) is 36.7 Å². The van der Waals surface area contributed by atoms with Gasteiger partial charge in [0.25, 0.3) is 0 Å². The maximum atomic E-state index is 14.9. The first-order chi connectivity index (χ1) is 17.2. The molecule has 4 heterocycles. The quantitative estimate of drug-likeness (QED) is 0.399. The van der Waals surface area contributed by atoms with Crippen molar-refractivity contribution in [2.75, 3.05) is 25.5 Å².